The SMILES string of the molecule is CCCNC(c1cc(Cl)c(OC)cc1Cl)C1OCCC1C. The average Bonchev–Trinajstić information content (AvgIpc) is 2.88. The van der Waals surface area contributed by atoms with Crippen molar-refractivity contribution in [3.05, 3.63) is 27.7 Å². The molecule has 1 N–H and O–H groups in total. The van der Waals surface area contributed by atoms with E-state index in [0.717, 1.165) is 31.6 Å². The van der Waals surface area contributed by atoms with E-state index in [-0.39, 0.29) is 12.1 Å². The van der Waals surface area contributed by atoms with Crippen LogP contribution in [0.25, 0.3) is 0 Å². The van der Waals surface area contributed by atoms with Crippen molar-refractivity contribution in [3.8, 4) is 5.75 Å². The van der Waals surface area contributed by atoms with E-state index in [4.69, 9.17) is 32.7 Å². The van der Waals surface area contributed by atoms with E-state index in [9.17, 15) is 0 Å². The van der Waals surface area contributed by atoms with Gasteiger partial charge in [0.2, 0.25) is 0 Å². The van der Waals surface area contributed by atoms with Crippen LogP contribution in [0.5, 0.6) is 5.75 Å². The van der Waals surface area contributed by atoms with Gasteiger partial charge in [0.05, 0.1) is 24.3 Å². The third kappa shape index (κ3) is 3.84. The van der Waals surface area contributed by atoms with Crippen molar-refractivity contribution in [1.29, 1.82) is 0 Å². The minimum atomic E-state index is 0.0540. The Balaban J connectivity index is 2.33. The monoisotopic (exact) mass is 331 g/mol. The van der Waals surface area contributed by atoms with Crippen LogP contribution in [0.15, 0.2) is 12.1 Å². The first-order chi connectivity index (χ1) is 10.1. The first-order valence-electron chi connectivity index (χ1n) is 7.46. The molecular weight excluding hydrogens is 309 g/mol. The molecule has 0 radical (unpaired) electrons. The van der Waals surface area contributed by atoms with Crippen molar-refractivity contribution in [2.24, 2.45) is 5.92 Å². The highest BCUT2D eigenvalue weighted by Gasteiger charge is 2.34. The molecule has 1 heterocycles. The minimum absolute atomic E-state index is 0.0540. The van der Waals surface area contributed by atoms with Crippen molar-refractivity contribution >= 4 is 23.2 Å². The second-order valence-electron chi connectivity index (χ2n) is 5.54. The molecule has 0 spiro atoms. The molecule has 3 nitrogen and oxygen atoms in total. The van der Waals surface area contributed by atoms with Crippen molar-refractivity contribution in [1.82, 2.24) is 5.32 Å². The second kappa shape index (κ2) is 7.68. The maximum atomic E-state index is 6.45. The zero-order valence-electron chi connectivity index (χ0n) is 12.8. The molecule has 1 aromatic carbocycles. The van der Waals surface area contributed by atoms with Gasteiger partial charge in [-0.3, -0.25) is 0 Å². The fourth-order valence-corrected chi connectivity index (χ4v) is 3.31. The number of methoxy groups -OCH3 is 1. The number of halogens is 2. The van der Waals surface area contributed by atoms with Crippen LogP contribution in [0, 0.1) is 5.92 Å². The van der Waals surface area contributed by atoms with Crippen LogP contribution in [-0.2, 0) is 4.74 Å². The zero-order chi connectivity index (χ0) is 15.4. The molecule has 0 amide bonds. The molecule has 2 rings (SSSR count). The smallest absolute Gasteiger partial charge is 0.138 e. The predicted molar refractivity (Wildman–Crippen MR) is 87.6 cm³/mol. The van der Waals surface area contributed by atoms with Crippen LogP contribution < -0.4 is 10.1 Å². The number of ether oxygens (including phenoxy) is 2. The molecule has 0 bridgehead atoms. The number of rotatable bonds is 6. The van der Waals surface area contributed by atoms with E-state index in [1.54, 1.807) is 13.2 Å². The van der Waals surface area contributed by atoms with Gasteiger partial charge in [-0.15, -0.1) is 0 Å². The van der Waals surface area contributed by atoms with E-state index in [2.05, 4.69) is 19.2 Å². The highest BCUT2D eigenvalue weighted by Crippen LogP contribution is 2.38. The van der Waals surface area contributed by atoms with E-state index >= 15 is 0 Å². The van der Waals surface area contributed by atoms with Gasteiger partial charge in [0, 0.05) is 17.7 Å². The first kappa shape index (κ1) is 16.9. The summed E-state index contributed by atoms with van der Waals surface area (Å²) in [6.07, 6.45) is 2.26. The Hall–Kier alpha value is -0.480. The van der Waals surface area contributed by atoms with Crippen LogP contribution in [0.2, 0.25) is 10.0 Å². The summed E-state index contributed by atoms with van der Waals surface area (Å²) in [7, 11) is 1.59. The molecule has 21 heavy (non-hydrogen) atoms. The van der Waals surface area contributed by atoms with Crippen LogP contribution in [-0.4, -0.2) is 26.4 Å². The van der Waals surface area contributed by atoms with Gasteiger partial charge in [0.15, 0.2) is 0 Å². The number of nitrogens with one attached hydrogen (secondary N) is 1. The molecule has 1 aliphatic rings. The molecular formula is C16H23Cl2NO2. The van der Waals surface area contributed by atoms with Gasteiger partial charge >= 0.3 is 0 Å². The van der Waals surface area contributed by atoms with Gasteiger partial charge in [0.25, 0.3) is 0 Å². The van der Waals surface area contributed by atoms with Crippen molar-refractivity contribution in [3.63, 3.8) is 0 Å². The van der Waals surface area contributed by atoms with Crippen LogP contribution in [0.4, 0.5) is 0 Å². The van der Waals surface area contributed by atoms with Gasteiger partial charge in [-0.1, -0.05) is 37.0 Å². The van der Waals surface area contributed by atoms with E-state index in [0.29, 0.717) is 21.7 Å². The standard InChI is InChI=1S/C16H23Cl2NO2/c1-4-6-19-15(16-10(2)5-7-21-16)11-8-13(18)14(20-3)9-12(11)17/h8-10,15-16,19H,4-7H2,1-3H3. The molecule has 1 aromatic rings. The van der Waals surface area contributed by atoms with Crippen molar-refractivity contribution < 1.29 is 9.47 Å². The molecule has 0 aliphatic carbocycles. The molecule has 1 aliphatic heterocycles. The molecule has 0 saturated carbocycles. The normalized spacial score (nSPS) is 23.3. The zero-order valence-corrected chi connectivity index (χ0v) is 14.3. The highest BCUT2D eigenvalue weighted by molar-refractivity contribution is 6.34. The maximum Gasteiger partial charge on any atom is 0.138 e. The number of benzene rings is 1. The fraction of sp³-hybridized carbons (Fsp3) is 0.625. The quantitative estimate of drug-likeness (QED) is 0.834. The highest BCUT2D eigenvalue weighted by atomic mass is 35.5. The molecule has 1 saturated heterocycles. The third-order valence-corrected chi connectivity index (χ3v) is 4.62. The summed E-state index contributed by atoms with van der Waals surface area (Å²) in [5.74, 6) is 1.09. The summed E-state index contributed by atoms with van der Waals surface area (Å²) < 4.78 is 11.2. The molecule has 1 fully saturated rings. The third-order valence-electron chi connectivity index (χ3n) is 3.99. The molecule has 3 unspecified atom stereocenters. The Morgan fingerprint density at radius 2 is 2.14 bits per heavy atom. The van der Waals surface area contributed by atoms with Crippen LogP contribution >= 0.6 is 23.2 Å². The Labute approximate surface area is 136 Å². The van der Waals surface area contributed by atoms with Crippen LogP contribution in [0.1, 0.15) is 38.3 Å². The summed E-state index contributed by atoms with van der Waals surface area (Å²) in [5, 5.41) is 4.79. The topological polar surface area (TPSA) is 30.5 Å². The Morgan fingerprint density at radius 1 is 1.38 bits per heavy atom. The lowest BCUT2D eigenvalue weighted by atomic mass is 9.92. The van der Waals surface area contributed by atoms with E-state index in [1.165, 1.54) is 0 Å². The lowest BCUT2D eigenvalue weighted by Crippen LogP contribution is -2.35. The van der Waals surface area contributed by atoms with E-state index in [1.807, 2.05) is 6.07 Å². The van der Waals surface area contributed by atoms with Gasteiger partial charge in [-0.2, -0.15) is 0 Å². The van der Waals surface area contributed by atoms with Gasteiger partial charge in [0.1, 0.15) is 5.75 Å². The molecule has 5 heteroatoms. The summed E-state index contributed by atoms with van der Waals surface area (Å²) >= 11 is 12.7. The fourth-order valence-electron chi connectivity index (χ4n) is 2.78. The minimum Gasteiger partial charge on any atom is -0.495 e. The Morgan fingerprint density at radius 3 is 2.71 bits per heavy atom. The molecule has 0 aromatic heterocycles. The average molecular weight is 332 g/mol. The number of hydrogen-bond donors (Lipinski definition) is 1. The van der Waals surface area contributed by atoms with Crippen molar-refractivity contribution in [2.75, 3.05) is 20.3 Å². The van der Waals surface area contributed by atoms with Gasteiger partial charge in [-0.25, -0.2) is 0 Å². The Kier molecular flexibility index (Phi) is 6.18. The van der Waals surface area contributed by atoms with Gasteiger partial charge < -0.3 is 14.8 Å². The second-order valence-corrected chi connectivity index (χ2v) is 6.36. The maximum absolute atomic E-state index is 6.45. The first-order valence-corrected chi connectivity index (χ1v) is 8.22. The lowest BCUT2D eigenvalue weighted by molar-refractivity contribution is 0.0607. The Bertz CT molecular complexity index is 482. The van der Waals surface area contributed by atoms with Crippen LogP contribution in [0.3, 0.4) is 0 Å². The number of hydrogen-bond acceptors (Lipinski definition) is 3. The van der Waals surface area contributed by atoms with E-state index < -0.39 is 0 Å². The predicted octanol–water partition coefficient (Wildman–Crippen LogP) is 4.47. The lowest BCUT2D eigenvalue weighted by Gasteiger charge is -2.28. The summed E-state index contributed by atoms with van der Waals surface area (Å²) in [4.78, 5) is 0. The molecule has 118 valence electrons. The summed E-state index contributed by atoms with van der Waals surface area (Å²) in [6, 6.07) is 3.72. The summed E-state index contributed by atoms with van der Waals surface area (Å²) in [5.41, 5.74) is 0.981. The van der Waals surface area contributed by atoms with Gasteiger partial charge in [-0.05, 0) is 36.9 Å². The summed E-state index contributed by atoms with van der Waals surface area (Å²) in [6.45, 7) is 6.08. The van der Waals surface area contributed by atoms with Crippen molar-refractivity contribution in [2.45, 2.75) is 38.8 Å². The molecule has 3 atom stereocenters. The largest absolute Gasteiger partial charge is 0.495 e.